The highest BCUT2D eigenvalue weighted by Crippen LogP contribution is 2.01. The molecule has 0 saturated carbocycles. The molecule has 5 heteroatoms. The lowest BCUT2D eigenvalue weighted by atomic mass is 10.3. The number of hydrogen-bond donors (Lipinski definition) is 1. The SMILES string of the molecule is C=CCN1CCN(C(=O)NCCCN(C)C)CC1. The molecule has 2 amide bonds. The summed E-state index contributed by atoms with van der Waals surface area (Å²) < 4.78 is 0. The Morgan fingerprint density at radius 1 is 1.33 bits per heavy atom. The molecule has 5 nitrogen and oxygen atoms in total. The molecule has 0 aromatic heterocycles. The van der Waals surface area contributed by atoms with E-state index in [1.54, 1.807) is 0 Å². The number of piperazine rings is 1. The third-order valence-electron chi connectivity index (χ3n) is 3.11. The molecule has 0 aromatic carbocycles. The van der Waals surface area contributed by atoms with Crippen molar-refractivity contribution in [3.63, 3.8) is 0 Å². The van der Waals surface area contributed by atoms with Gasteiger partial charge in [-0.25, -0.2) is 4.79 Å². The summed E-state index contributed by atoms with van der Waals surface area (Å²) in [5, 5.41) is 2.98. The number of nitrogens with one attached hydrogen (secondary N) is 1. The maximum Gasteiger partial charge on any atom is 0.317 e. The van der Waals surface area contributed by atoms with Gasteiger partial charge in [-0.05, 0) is 27.1 Å². The van der Waals surface area contributed by atoms with E-state index in [0.717, 1.165) is 52.2 Å². The van der Waals surface area contributed by atoms with Crippen LogP contribution in [0.1, 0.15) is 6.42 Å². The van der Waals surface area contributed by atoms with E-state index >= 15 is 0 Å². The summed E-state index contributed by atoms with van der Waals surface area (Å²) in [4.78, 5) is 18.2. The molecule has 0 aliphatic carbocycles. The molecule has 0 bridgehead atoms. The second kappa shape index (κ2) is 8.11. The third kappa shape index (κ3) is 5.51. The standard InChI is InChI=1S/C13H26N4O/c1-4-7-16-9-11-17(12-10-16)13(18)14-6-5-8-15(2)3/h4H,1,5-12H2,2-3H3,(H,14,18). The van der Waals surface area contributed by atoms with Crippen molar-refractivity contribution < 1.29 is 4.79 Å². The Morgan fingerprint density at radius 2 is 2.00 bits per heavy atom. The number of carbonyl (C=O) groups is 1. The van der Waals surface area contributed by atoms with Gasteiger partial charge in [0.2, 0.25) is 0 Å². The molecule has 1 fully saturated rings. The molecular formula is C13H26N4O. The van der Waals surface area contributed by atoms with E-state index in [2.05, 4.69) is 21.7 Å². The van der Waals surface area contributed by atoms with Crippen molar-refractivity contribution in [2.24, 2.45) is 0 Å². The predicted molar refractivity (Wildman–Crippen MR) is 74.8 cm³/mol. The Balaban J connectivity index is 2.14. The monoisotopic (exact) mass is 254 g/mol. The van der Waals surface area contributed by atoms with Crippen LogP contribution in [0.2, 0.25) is 0 Å². The van der Waals surface area contributed by atoms with Crippen molar-refractivity contribution in [2.45, 2.75) is 6.42 Å². The lowest BCUT2D eigenvalue weighted by Crippen LogP contribution is -2.51. The smallest absolute Gasteiger partial charge is 0.317 e. The Kier molecular flexibility index (Phi) is 6.75. The number of rotatable bonds is 6. The summed E-state index contributed by atoms with van der Waals surface area (Å²) in [6, 6.07) is 0.0759. The Hall–Kier alpha value is -1.07. The highest BCUT2D eigenvalue weighted by Gasteiger charge is 2.19. The number of nitrogens with zero attached hydrogens (tertiary/aromatic N) is 3. The van der Waals surface area contributed by atoms with Crippen molar-refractivity contribution in [1.29, 1.82) is 0 Å². The molecule has 0 aromatic rings. The molecule has 18 heavy (non-hydrogen) atoms. The average Bonchev–Trinajstić information content (AvgIpc) is 2.35. The average molecular weight is 254 g/mol. The van der Waals surface area contributed by atoms with Crippen LogP contribution in [0.5, 0.6) is 0 Å². The van der Waals surface area contributed by atoms with Gasteiger partial charge in [-0.15, -0.1) is 6.58 Å². The fraction of sp³-hybridized carbons (Fsp3) is 0.769. The Bertz CT molecular complexity index is 260. The first-order valence-corrected chi connectivity index (χ1v) is 6.64. The van der Waals surface area contributed by atoms with Gasteiger partial charge in [-0.2, -0.15) is 0 Å². The van der Waals surface area contributed by atoms with Gasteiger partial charge >= 0.3 is 6.03 Å². The minimum Gasteiger partial charge on any atom is -0.338 e. The topological polar surface area (TPSA) is 38.8 Å². The first-order valence-electron chi connectivity index (χ1n) is 6.64. The summed E-state index contributed by atoms with van der Waals surface area (Å²) in [5.41, 5.74) is 0. The molecule has 1 aliphatic rings. The predicted octanol–water partition coefficient (Wildman–Crippen LogP) is 0.451. The lowest BCUT2D eigenvalue weighted by Gasteiger charge is -2.34. The van der Waals surface area contributed by atoms with Crippen LogP contribution in [0, 0.1) is 0 Å². The van der Waals surface area contributed by atoms with Crippen LogP contribution in [0.3, 0.4) is 0 Å². The molecule has 1 rings (SSSR count). The lowest BCUT2D eigenvalue weighted by molar-refractivity contribution is 0.146. The zero-order valence-electron chi connectivity index (χ0n) is 11.7. The number of hydrogen-bond acceptors (Lipinski definition) is 3. The van der Waals surface area contributed by atoms with Gasteiger partial charge in [-0.1, -0.05) is 6.08 Å². The summed E-state index contributed by atoms with van der Waals surface area (Å²) in [6.45, 7) is 9.92. The first-order chi connectivity index (χ1) is 8.63. The van der Waals surface area contributed by atoms with Gasteiger partial charge in [0.1, 0.15) is 0 Å². The minimum absolute atomic E-state index is 0.0759. The van der Waals surface area contributed by atoms with Gasteiger partial charge in [0.25, 0.3) is 0 Å². The van der Waals surface area contributed by atoms with Crippen LogP contribution in [0.15, 0.2) is 12.7 Å². The van der Waals surface area contributed by atoms with Crippen LogP contribution in [-0.4, -0.2) is 80.6 Å². The molecule has 0 unspecified atom stereocenters. The van der Waals surface area contributed by atoms with Crippen molar-refractivity contribution in [3.8, 4) is 0 Å². The maximum atomic E-state index is 11.9. The van der Waals surface area contributed by atoms with E-state index in [9.17, 15) is 4.79 Å². The summed E-state index contributed by atoms with van der Waals surface area (Å²) >= 11 is 0. The zero-order valence-corrected chi connectivity index (χ0v) is 11.7. The minimum atomic E-state index is 0.0759. The maximum absolute atomic E-state index is 11.9. The molecule has 0 spiro atoms. The van der Waals surface area contributed by atoms with Crippen molar-refractivity contribution in [2.75, 3.05) is 59.9 Å². The largest absolute Gasteiger partial charge is 0.338 e. The highest BCUT2D eigenvalue weighted by molar-refractivity contribution is 5.74. The van der Waals surface area contributed by atoms with E-state index in [0.29, 0.717) is 0 Å². The first kappa shape index (κ1) is 15.0. The van der Waals surface area contributed by atoms with E-state index in [4.69, 9.17) is 0 Å². The van der Waals surface area contributed by atoms with Crippen LogP contribution < -0.4 is 5.32 Å². The van der Waals surface area contributed by atoms with Gasteiger partial charge < -0.3 is 15.1 Å². The highest BCUT2D eigenvalue weighted by atomic mass is 16.2. The molecule has 0 atom stereocenters. The summed E-state index contributed by atoms with van der Waals surface area (Å²) in [5.74, 6) is 0. The van der Waals surface area contributed by atoms with Crippen LogP contribution in [0.4, 0.5) is 4.79 Å². The molecule has 1 aliphatic heterocycles. The quantitative estimate of drug-likeness (QED) is 0.552. The second-order valence-electron chi connectivity index (χ2n) is 4.97. The molecule has 1 heterocycles. The van der Waals surface area contributed by atoms with Crippen LogP contribution >= 0.6 is 0 Å². The van der Waals surface area contributed by atoms with E-state index in [1.807, 2.05) is 25.1 Å². The molecule has 0 radical (unpaired) electrons. The van der Waals surface area contributed by atoms with Gasteiger partial charge in [0.15, 0.2) is 0 Å². The Morgan fingerprint density at radius 3 is 2.56 bits per heavy atom. The van der Waals surface area contributed by atoms with E-state index < -0.39 is 0 Å². The summed E-state index contributed by atoms with van der Waals surface area (Å²) in [6.07, 6.45) is 2.91. The zero-order chi connectivity index (χ0) is 13.4. The summed E-state index contributed by atoms with van der Waals surface area (Å²) in [7, 11) is 4.08. The second-order valence-corrected chi connectivity index (χ2v) is 4.97. The molecule has 1 N–H and O–H groups in total. The number of amides is 2. The normalized spacial score (nSPS) is 16.9. The van der Waals surface area contributed by atoms with Crippen LogP contribution in [0.25, 0.3) is 0 Å². The van der Waals surface area contributed by atoms with Gasteiger partial charge in [-0.3, -0.25) is 4.90 Å². The van der Waals surface area contributed by atoms with Crippen molar-refractivity contribution in [1.82, 2.24) is 20.0 Å². The number of urea groups is 1. The number of carbonyl (C=O) groups excluding carboxylic acids is 1. The van der Waals surface area contributed by atoms with Gasteiger partial charge in [0, 0.05) is 39.3 Å². The molecule has 1 saturated heterocycles. The fourth-order valence-corrected chi connectivity index (χ4v) is 2.02. The van der Waals surface area contributed by atoms with E-state index in [-0.39, 0.29) is 6.03 Å². The molecular weight excluding hydrogens is 228 g/mol. The fourth-order valence-electron chi connectivity index (χ4n) is 2.02. The van der Waals surface area contributed by atoms with E-state index in [1.165, 1.54) is 0 Å². The van der Waals surface area contributed by atoms with Crippen LogP contribution in [-0.2, 0) is 0 Å². The third-order valence-corrected chi connectivity index (χ3v) is 3.11. The van der Waals surface area contributed by atoms with Crippen molar-refractivity contribution >= 4 is 6.03 Å². The van der Waals surface area contributed by atoms with Gasteiger partial charge in [0.05, 0.1) is 0 Å². The molecule has 104 valence electrons. The Labute approximate surface area is 110 Å². The van der Waals surface area contributed by atoms with Crippen molar-refractivity contribution in [3.05, 3.63) is 12.7 Å².